The Morgan fingerprint density at radius 2 is 2.06 bits per heavy atom. The van der Waals surface area contributed by atoms with E-state index < -0.39 is 0 Å². The van der Waals surface area contributed by atoms with Crippen LogP contribution in [0.5, 0.6) is 0 Å². The molecule has 4 heteroatoms. The van der Waals surface area contributed by atoms with Gasteiger partial charge in [-0.3, -0.25) is 0 Å². The number of aromatic nitrogens is 1. The van der Waals surface area contributed by atoms with E-state index in [1.807, 2.05) is 31.2 Å². The van der Waals surface area contributed by atoms with E-state index in [9.17, 15) is 0 Å². The summed E-state index contributed by atoms with van der Waals surface area (Å²) in [6.45, 7) is 1.99. The zero-order valence-corrected chi connectivity index (χ0v) is 10.1. The van der Waals surface area contributed by atoms with Crippen molar-refractivity contribution in [1.29, 1.82) is 5.26 Å². The topological polar surface area (TPSA) is 74.7 Å². The van der Waals surface area contributed by atoms with Gasteiger partial charge in [-0.2, -0.15) is 5.26 Å². The maximum atomic E-state index is 9.00. The number of hydrogen-bond acceptors (Lipinski definition) is 4. The Morgan fingerprint density at radius 3 is 2.78 bits per heavy atom. The van der Waals surface area contributed by atoms with Gasteiger partial charge >= 0.3 is 0 Å². The van der Waals surface area contributed by atoms with Gasteiger partial charge in [-0.25, -0.2) is 4.98 Å². The Hall–Kier alpha value is -2.54. The molecule has 1 aromatic carbocycles. The highest BCUT2D eigenvalue weighted by molar-refractivity contribution is 5.55. The van der Waals surface area contributed by atoms with Crippen LogP contribution in [0.4, 0.5) is 11.5 Å². The SMILES string of the molecule is CC(Nc1ncccc1C#N)c1ccccc1N. The summed E-state index contributed by atoms with van der Waals surface area (Å²) in [4.78, 5) is 4.17. The van der Waals surface area contributed by atoms with Crippen LogP contribution in [-0.2, 0) is 0 Å². The monoisotopic (exact) mass is 238 g/mol. The quantitative estimate of drug-likeness (QED) is 0.806. The van der Waals surface area contributed by atoms with Crippen LogP contribution in [0.3, 0.4) is 0 Å². The van der Waals surface area contributed by atoms with E-state index in [4.69, 9.17) is 11.0 Å². The second-order valence-electron chi connectivity index (χ2n) is 4.01. The van der Waals surface area contributed by atoms with E-state index in [1.165, 1.54) is 0 Å². The first-order valence-electron chi connectivity index (χ1n) is 5.68. The van der Waals surface area contributed by atoms with Gasteiger partial charge < -0.3 is 11.1 Å². The molecule has 0 aliphatic heterocycles. The highest BCUT2D eigenvalue weighted by Crippen LogP contribution is 2.24. The van der Waals surface area contributed by atoms with Crippen molar-refractivity contribution in [2.75, 3.05) is 11.1 Å². The highest BCUT2D eigenvalue weighted by atomic mass is 15.0. The summed E-state index contributed by atoms with van der Waals surface area (Å²) >= 11 is 0. The van der Waals surface area contributed by atoms with Crippen molar-refractivity contribution in [2.45, 2.75) is 13.0 Å². The number of nitrogens with one attached hydrogen (secondary N) is 1. The van der Waals surface area contributed by atoms with E-state index in [-0.39, 0.29) is 6.04 Å². The highest BCUT2D eigenvalue weighted by Gasteiger charge is 2.10. The number of nitrogens with zero attached hydrogens (tertiary/aromatic N) is 2. The Kier molecular flexibility index (Phi) is 3.44. The standard InChI is InChI=1S/C14H14N4/c1-10(12-6-2-3-7-13(12)16)18-14-11(9-15)5-4-8-17-14/h2-8,10H,16H2,1H3,(H,17,18). The average molecular weight is 238 g/mol. The third-order valence-electron chi connectivity index (χ3n) is 2.74. The molecule has 1 aromatic heterocycles. The fourth-order valence-corrected chi connectivity index (χ4v) is 1.80. The predicted octanol–water partition coefficient (Wildman–Crippen LogP) is 2.71. The molecule has 1 unspecified atom stereocenters. The number of hydrogen-bond donors (Lipinski definition) is 2. The van der Waals surface area contributed by atoms with E-state index in [2.05, 4.69) is 16.4 Å². The molecular formula is C14H14N4. The minimum atomic E-state index is -0.00630. The third-order valence-corrected chi connectivity index (χ3v) is 2.74. The molecule has 0 aliphatic rings. The molecule has 4 nitrogen and oxygen atoms in total. The lowest BCUT2D eigenvalue weighted by Gasteiger charge is -2.17. The molecule has 90 valence electrons. The second kappa shape index (κ2) is 5.19. The molecule has 18 heavy (non-hydrogen) atoms. The molecule has 0 fully saturated rings. The van der Waals surface area contributed by atoms with Gasteiger partial charge in [0.2, 0.25) is 0 Å². The Labute approximate surface area is 106 Å². The lowest BCUT2D eigenvalue weighted by atomic mass is 10.1. The van der Waals surface area contributed by atoms with Crippen LogP contribution in [0, 0.1) is 11.3 Å². The van der Waals surface area contributed by atoms with Gasteiger partial charge in [0.05, 0.1) is 11.6 Å². The van der Waals surface area contributed by atoms with Crippen molar-refractivity contribution >= 4 is 11.5 Å². The van der Waals surface area contributed by atoms with Crippen molar-refractivity contribution in [1.82, 2.24) is 4.98 Å². The Morgan fingerprint density at radius 1 is 1.28 bits per heavy atom. The maximum absolute atomic E-state index is 9.00. The van der Waals surface area contributed by atoms with Gasteiger partial charge in [0.1, 0.15) is 11.9 Å². The van der Waals surface area contributed by atoms with Crippen LogP contribution in [0.2, 0.25) is 0 Å². The number of nitrogens with two attached hydrogens (primary N) is 1. The molecule has 1 atom stereocenters. The number of benzene rings is 1. The van der Waals surface area contributed by atoms with Crippen LogP contribution in [0.15, 0.2) is 42.6 Å². The summed E-state index contributed by atoms with van der Waals surface area (Å²) in [6, 6.07) is 13.2. The fraction of sp³-hybridized carbons (Fsp3) is 0.143. The number of rotatable bonds is 3. The third kappa shape index (κ3) is 2.41. The fourth-order valence-electron chi connectivity index (χ4n) is 1.80. The van der Waals surface area contributed by atoms with E-state index in [0.29, 0.717) is 11.4 Å². The first-order chi connectivity index (χ1) is 8.72. The van der Waals surface area contributed by atoms with Crippen molar-refractivity contribution in [3.05, 3.63) is 53.7 Å². The summed E-state index contributed by atoms with van der Waals surface area (Å²) in [5.74, 6) is 0.579. The Balaban J connectivity index is 2.25. The van der Waals surface area contributed by atoms with Gasteiger partial charge in [0.15, 0.2) is 0 Å². The molecule has 2 rings (SSSR count). The first kappa shape index (κ1) is 11.9. The molecule has 0 aliphatic carbocycles. The molecule has 0 spiro atoms. The molecule has 0 saturated heterocycles. The molecule has 0 bridgehead atoms. The molecule has 3 N–H and O–H groups in total. The second-order valence-corrected chi connectivity index (χ2v) is 4.01. The number of pyridine rings is 1. The van der Waals surface area contributed by atoms with Crippen molar-refractivity contribution in [2.24, 2.45) is 0 Å². The maximum Gasteiger partial charge on any atom is 0.144 e. The first-order valence-corrected chi connectivity index (χ1v) is 5.68. The molecule has 0 saturated carbocycles. The zero-order chi connectivity index (χ0) is 13.0. The van der Waals surface area contributed by atoms with Crippen molar-refractivity contribution in [3.8, 4) is 6.07 Å². The van der Waals surface area contributed by atoms with Gasteiger partial charge in [-0.1, -0.05) is 18.2 Å². The van der Waals surface area contributed by atoms with Crippen molar-refractivity contribution in [3.63, 3.8) is 0 Å². The zero-order valence-electron chi connectivity index (χ0n) is 10.1. The van der Waals surface area contributed by atoms with E-state index in [1.54, 1.807) is 18.3 Å². The largest absolute Gasteiger partial charge is 0.398 e. The van der Waals surface area contributed by atoms with E-state index in [0.717, 1.165) is 11.3 Å². The summed E-state index contributed by atoms with van der Waals surface area (Å²) in [5.41, 5.74) is 8.17. The summed E-state index contributed by atoms with van der Waals surface area (Å²) in [7, 11) is 0. The number of nitriles is 1. The number of nitrogen functional groups attached to an aromatic ring is 1. The normalized spacial score (nSPS) is 11.6. The predicted molar refractivity (Wildman–Crippen MR) is 71.8 cm³/mol. The summed E-state index contributed by atoms with van der Waals surface area (Å²) < 4.78 is 0. The molecule has 2 aromatic rings. The molecular weight excluding hydrogens is 224 g/mol. The molecule has 1 heterocycles. The van der Waals surface area contributed by atoms with E-state index >= 15 is 0 Å². The summed E-state index contributed by atoms with van der Waals surface area (Å²) in [5, 5.41) is 12.2. The minimum absolute atomic E-state index is 0.00630. The van der Waals surface area contributed by atoms with Gasteiger partial charge in [0.25, 0.3) is 0 Å². The van der Waals surface area contributed by atoms with Crippen LogP contribution in [-0.4, -0.2) is 4.98 Å². The average Bonchev–Trinajstić information content (AvgIpc) is 2.39. The van der Waals surface area contributed by atoms with Gasteiger partial charge in [-0.15, -0.1) is 0 Å². The molecule has 0 amide bonds. The van der Waals surface area contributed by atoms with Crippen LogP contribution >= 0.6 is 0 Å². The van der Waals surface area contributed by atoms with Crippen LogP contribution < -0.4 is 11.1 Å². The lowest BCUT2D eigenvalue weighted by molar-refractivity contribution is 0.876. The number of para-hydroxylation sites is 1. The smallest absolute Gasteiger partial charge is 0.144 e. The lowest BCUT2D eigenvalue weighted by Crippen LogP contribution is -2.11. The van der Waals surface area contributed by atoms with Crippen molar-refractivity contribution < 1.29 is 0 Å². The summed E-state index contributed by atoms with van der Waals surface area (Å²) in [6.07, 6.45) is 1.66. The van der Waals surface area contributed by atoms with Gasteiger partial charge in [-0.05, 0) is 30.7 Å². The minimum Gasteiger partial charge on any atom is -0.398 e. The Bertz CT molecular complexity index is 586. The molecule has 0 radical (unpaired) electrons. The van der Waals surface area contributed by atoms with Crippen LogP contribution in [0.25, 0.3) is 0 Å². The van der Waals surface area contributed by atoms with Gasteiger partial charge in [0, 0.05) is 11.9 Å². The number of anilines is 2. The van der Waals surface area contributed by atoms with Crippen LogP contribution in [0.1, 0.15) is 24.1 Å².